The lowest BCUT2D eigenvalue weighted by atomic mass is 10.0. The molecule has 0 amide bonds. The van der Waals surface area contributed by atoms with Crippen LogP contribution in [0.3, 0.4) is 0 Å². The van der Waals surface area contributed by atoms with E-state index < -0.39 is 0 Å². The van der Waals surface area contributed by atoms with Gasteiger partial charge in [0.1, 0.15) is 17.1 Å². The average molecular weight is 205 g/mol. The number of ether oxygens (including phenoxy) is 2. The first-order valence-electron chi connectivity index (χ1n) is 4.73. The molecule has 3 heteroatoms. The van der Waals surface area contributed by atoms with E-state index in [0.717, 1.165) is 22.6 Å². The molecule has 0 N–H and O–H groups in total. The Morgan fingerprint density at radius 1 is 1.20 bits per heavy atom. The van der Waals surface area contributed by atoms with Gasteiger partial charge in [-0.1, -0.05) is 0 Å². The van der Waals surface area contributed by atoms with Crippen molar-refractivity contribution < 1.29 is 9.47 Å². The summed E-state index contributed by atoms with van der Waals surface area (Å²) in [7, 11) is 3.21. The van der Waals surface area contributed by atoms with Gasteiger partial charge in [0.05, 0.1) is 14.2 Å². The summed E-state index contributed by atoms with van der Waals surface area (Å²) in [6.45, 7) is 10.9. The number of rotatable bonds is 3. The second-order valence-electron chi connectivity index (χ2n) is 3.39. The average Bonchev–Trinajstić information content (AvgIpc) is 2.26. The molecule has 0 aliphatic carbocycles. The van der Waals surface area contributed by atoms with Crippen molar-refractivity contribution in [2.24, 2.45) is 0 Å². The van der Waals surface area contributed by atoms with Crippen LogP contribution in [0.15, 0.2) is 12.1 Å². The zero-order valence-electron chi connectivity index (χ0n) is 9.50. The van der Waals surface area contributed by atoms with Gasteiger partial charge in [-0.05, 0) is 24.6 Å². The van der Waals surface area contributed by atoms with Gasteiger partial charge in [0.15, 0.2) is 0 Å². The summed E-state index contributed by atoms with van der Waals surface area (Å²) in [6, 6.07) is 3.58. The van der Waals surface area contributed by atoms with Gasteiger partial charge < -0.3 is 14.3 Å². The molecule has 0 spiro atoms. The van der Waals surface area contributed by atoms with Gasteiger partial charge in [-0.25, -0.2) is 6.57 Å². The van der Waals surface area contributed by atoms with Crippen molar-refractivity contribution in [3.63, 3.8) is 0 Å². The van der Waals surface area contributed by atoms with Gasteiger partial charge in [0.2, 0.25) is 0 Å². The Bertz CT molecular complexity index is 368. The second-order valence-corrected chi connectivity index (χ2v) is 3.39. The lowest BCUT2D eigenvalue weighted by Crippen LogP contribution is -1.99. The Balaban J connectivity index is 3.38. The fourth-order valence-corrected chi connectivity index (χ4v) is 1.55. The first-order chi connectivity index (χ1) is 7.13. The molecule has 0 radical (unpaired) electrons. The first kappa shape index (κ1) is 11.4. The highest BCUT2D eigenvalue weighted by Crippen LogP contribution is 2.36. The van der Waals surface area contributed by atoms with Crippen molar-refractivity contribution in [3.05, 3.63) is 34.7 Å². The molecule has 0 bridgehead atoms. The van der Waals surface area contributed by atoms with Gasteiger partial charge in [-0.15, -0.1) is 0 Å². The van der Waals surface area contributed by atoms with Gasteiger partial charge in [-0.2, -0.15) is 0 Å². The van der Waals surface area contributed by atoms with Crippen molar-refractivity contribution in [2.75, 3.05) is 14.2 Å². The number of methoxy groups -OCH3 is 2. The lowest BCUT2D eigenvalue weighted by Gasteiger charge is -2.13. The van der Waals surface area contributed by atoms with Crippen LogP contribution in [0.25, 0.3) is 4.85 Å². The van der Waals surface area contributed by atoms with E-state index in [1.807, 2.05) is 26.0 Å². The molecule has 0 fully saturated rings. The molecular weight excluding hydrogens is 190 g/mol. The van der Waals surface area contributed by atoms with E-state index in [1.54, 1.807) is 14.2 Å². The summed E-state index contributed by atoms with van der Waals surface area (Å²) >= 11 is 0. The van der Waals surface area contributed by atoms with Crippen molar-refractivity contribution in [3.8, 4) is 11.5 Å². The predicted molar refractivity (Wildman–Crippen MR) is 59.3 cm³/mol. The molecule has 1 rings (SSSR count). The Hall–Kier alpha value is -1.69. The molecule has 1 atom stereocenters. The van der Waals surface area contributed by atoms with E-state index in [1.165, 1.54) is 0 Å². The predicted octanol–water partition coefficient (Wildman–Crippen LogP) is 2.99. The molecule has 0 saturated heterocycles. The Morgan fingerprint density at radius 3 is 2.00 bits per heavy atom. The largest absolute Gasteiger partial charge is 0.496 e. The van der Waals surface area contributed by atoms with Crippen LogP contribution in [0.4, 0.5) is 0 Å². The zero-order valence-corrected chi connectivity index (χ0v) is 9.50. The maximum Gasteiger partial charge on any atom is 0.253 e. The fraction of sp³-hybridized carbons (Fsp3) is 0.417. The highest BCUT2D eigenvalue weighted by Gasteiger charge is 2.21. The summed E-state index contributed by atoms with van der Waals surface area (Å²) in [4.78, 5) is 3.50. The molecule has 15 heavy (non-hydrogen) atoms. The van der Waals surface area contributed by atoms with Crippen molar-refractivity contribution in [1.29, 1.82) is 0 Å². The van der Waals surface area contributed by atoms with Crippen molar-refractivity contribution in [2.45, 2.75) is 19.9 Å². The van der Waals surface area contributed by atoms with E-state index in [-0.39, 0.29) is 6.04 Å². The standard InChI is InChI=1S/C12H15NO2/c1-8-6-10(14-4)12(9(2)13-3)11(7-8)15-5/h6-7,9H,1-2,4-5H3. The van der Waals surface area contributed by atoms with Gasteiger partial charge in [-0.3, -0.25) is 0 Å². The van der Waals surface area contributed by atoms with Crippen molar-refractivity contribution >= 4 is 0 Å². The summed E-state index contributed by atoms with van der Waals surface area (Å²) in [5.74, 6) is 1.44. The quantitative estimate of drug-likeness (QED) is 0.708. The van der Waals surface area contributed by atoms with Gasteiger partial charge in [0, 0.05) is 6.92 Å². The van der Waals surface area contributed by atoms with E-state index >= 15 is 0 Å². The fourth-order valence-electron chi connectivity index (χ4n) is 1.55. The third kappa shape index (κ3) is 2.21. The van der Waals surface area contributed by atoms with Crippen LogP contribution in [0.1, 0.15) is 24.1 Å². The molecule has 1 unspecified atom stereocenters. The molecule has 0 heterocycles. The van der Waals surface area contributed by atoms with E-state index in [4.69, 9.17) is 16.0 Å². The monoisotopic (exact) mass is 205 g/mol. The van der Waals surface area contributed by atoms with Gasteiger partial charge >= 0.3 is 0 Å². The van der Waals surface area contributed by atoms with Crippen LogP contribution >= 0.6 is 0 Å². The minimum absolute atomic E-state index is 0.254. The van der Waals surface area contributed by atoms with Crippen LogP contribution in [0, 0.1) is 13.5 Å². The molecule has 0 aliphatic heterocycles. The highest BCUT2D eigenvalue weighted by atomic mass is 16.5. The summed E-state index contributed by atoms with van der Waals surface area (Å²) < 4.78 is 10.5. The maximum absolute atomic E-state index is 7.06. The van der Waals surface area contributed by atoms with E-state index in [9.17, 15) is 0 Å². The number of nitrogens with zero attached hydrogens (tertiary/aromatic N) is 1. The Kier molecular flexibility index (Phi) is 3.56. The van der Waals surface area contributed by atoms with Gasteiger partial charge in [0.25, 0.3) is 6.04 Å². The Morgan fingerprint density at radius 2 is 1.67 bits per heavy atom. The summed E-state index contributed by atoms with van der Waals surface area (Å²) in [5, 5.41) is 0. The molecule has 1 aromatic carbocycles. The second kappa shape index (κ2) is 4.70. The number of aryl methyl sites for hydroxylation is 1. The molecule has 0 aromatic heterocycles. The minimum Gasteiger partial charge on any atom is -0.496 e. The van der Waals surface area contributed by atoms with Crippen LogP contribution in [-0.4, -0.2) is 14.2 Å². The van der Waals surface area contributed by atoms with Crippen LogP contribution < -0.4 is 9.47 Å². The zero-order chi connectivity index (χ0) is 11.4. The molecule has 80 valence electrons. The number of hydrogen-bond donors (Lipinski definition) is 0. The normalized spacial score (nSPS) is 11.7. The third-order valence-electron chi connectivity index (χ3n) is 2.30. The van der Waals surface area contributed by atoms with Crippen LogP contribution in [-0.2, 0) is 0 Å². The molecular formula is C12H15NO2. The maximum atomic E-state index is 7.06. The topological polar surface area (TPSA) is 22.8 Å². The molecule has 3 nitrogen and oxygen atoms in total. The van der Waals surface area contributed by atoms with Crippen LogP contribution in [0.5, 0.6) is 11.5 Å². The summed E-state index contributed by atoms with van der Waals surface area (Å²) in [6.07, 6.45) is 0. The summed E-state index contributed by atoms with van der Waals surface area (Å²) in [5.41, 5.74) is 1.88. The third-order valence-corrected chi connectivity index (χ3v) is 2.30. The van der Waals surface area contributed by atoms with E-state index in [0.29, 0.717) is 0 Å². The smallest absolute Gasteiger partial charge is 0.253 e. The SMILES string of the molecule is [C-]#[N+]C(C)c1c(OC)cc(C)cc1OC. The minimum atomic E-state index is -0.254. The van der Waals surface area contributed by atoms with Crippen LogP contribution in [0.2, 0.25) is 0 Å². The van der Waals surface area contributed by atoms with E-state index in [2.05, 4.69) is 4.85 Å². The number of hydrogen-bond acceptors (Lipinski definition) is 2. The number of benzene rings is 1. The molecule has 1 aromatic rings. The highest BCUT2D eigenvalue weighted by molar-refractivity contribution is 5.50. The first-order valence-corrected chi connectivity index (χ1v) is 4.73. The lowest BCUT2D eigenvalue weighted by molar-refractivity contribution is 0.383. The molecule has 0 aliphatic rings. The van der Waals surface area contributed by atoms with Crippen molar-refractivity contribution in [1.82, 2.24) is 0 Å². The molecule has 0 saturated carbocycles. The Labute approximate surface area is 90.5 Å².